The maximum Gasteiger partial charge on any atom is 0.258 e. The molecule has 0 radical (unpaired) electrons. The van der Waals surface area contributed by atoms with Gasteiger partial charge in [0.1, 0.15) is 5.75 Å². The van der Waals surface area contributed by atoms with Crippen molar-refractivity contribution in [3.8, 4) is 5.75 Å². The Kier molecular flexibility index (Phi) is 5.99. The molecule has 0 saturated carbocycles. The van der Waals surface area contributed by atoms with Crippen LogP contribution < -0.4 is 10.1 Å². The first kappa shape index (κ1) is 19.9. The lowest BCUT2D eigenvalue weighted by atomic mass is 10.0. The fraction of sp³-hybridized carbons (Fsp3) is 0.227. The smallest absolute Gasteiger partial charge is 0.258 e. The Morgan fingerprint density at radius 1 is 1.00 bits per heavy atom. The van der Waals surface area contributed by atoms with Crippen molar-refractivity contribution < 1.29 is 17.9 Å². The van der Waals surface area contributed by atoms with Crippen LogP contribution in [0.25, 0.3) is 10.8 Å². The summed E-state index contributed by atoms with van der Waals surface area (Å²) in [7, 11) is -3.24. The number of fused-ring (bicyclic) bond motifs is 1. The minimum atomic E-state index is -3.24. The van der Waals surface area contributed by atoms with E-state index in [0.29, 0.717) is 12.2 Å². The molecular formula is C22H23NO4S. The molecule has 146 valence electrons. The van der Waals surface area contributed by atoms with E-state index < -0.39 is 9.84 Å². The first-order valence-electron chi connectivity index (χ1n) is 9.08. The summed E-state index contributed by atoms with van der Waals surface area (Å²) in [5.74, 6) is 0.409. The van der Waals surface area contributed by atoms with Crippen LogP contribution in [0.2, 0.25) is 0 Å². The predicted molar refractivity (Wildman–Crippen MR) is 110 cm³/mol. The third-order valence-electron chi connectivity index (χ3n) is 4.54. The third-order valence-corrected chi connectivity index (χ3v) is 5.67. The number of ether oxygens (including phenoxy) is 1. The topological polar surface area (TPSA) is 72.5 Å². The molecule has 3 aromatic rings. The van der Waals surface area contributed by atoms with Crippen LogP contribution in [0, 0.1) is 0 Å². The van der Waals surface area contributed by atoms with Crippen LogP contribution in [0.5, 0.6) is 5.75 Å². The fourth-order valence-corrected chi connectivity index (χ4v) is 3.64. The monoisotopic (exact) mass is 397 g/mol. The Morgan fingerprint density at radius 3 is 2.32 bits per heavy atom. The zero-order valence-corrected chi connectivity index (χ0v) is 16.7. The molecule has 6 heteroatoms. The molecule has 0 aromatic heterocycles. The molecule has 0 aliphatic carbocycles. The molecule has 5 nitrogen and oxygen atoms in total. The second-order valence-corrected chi connectivity index (χ2v) is 8.68. The average Bonchev–Trinajstić information content (AvgIpc) is 2.69. The lowest BCUT2D eigenvalue weighted by molar-refractivity contribution is -0.123. The molecule has 1 N–H and O–H groups in total. The van der Waals surface area contributed by atoms with E-state index in [4.69, 9.17) is 4.74 Å². The largest absolute Gasteiger partial charge is 0.484 e. The Balaban J connectivity index is 1.61. The van der Waals surface area contributed by atoms with E-state index in [2.05, 4.69) is 5.32 Å². The highest BCUT2D eigenvalue weighted by molar-refractivity contribution is 7.90. The van der Waals surface area contributed by atoms with E-state index >= 15 is 0 Å². The van der Waals surface area contributed by atoms with Gasteiger partial charge in [0.2, 0.25) is 0 Å². The van der Waals surface area contributed by atoms with Gasteiger partial charge in [-0.25, -0.2) is 8.42 Å². The highest BCUT2D eigenvalue weighted by Crippen LogP contribution is 2.21. The van der Waals surface area contributed by atoms with Gasteiger partial charge in [0.15, 0.2) is 16.4 Å². The van der Waals surface area contributed by atoms with E-state index in [1.807, 2.05) is 49.4 Å². The molecule has 1 unspecified atom stereocenters. The Labute approximate surface area is 165 Å². The molecule has 3 rings (SSSR count). The van der Waals surface area contributed by atoms with Crippen molar-refractivity contribution in [3.63, 3.8) is 0 Å². The van der Waals surface area contributed by atoms with Gasteiger partial charge in [0.05, 0.1) is 10.9 Å². The summed E-state index contributed by atoms with van der Waals surface area (Å²) < 4.78 is 28.8. The quantitative estimate of drug-likeness (QED) is 0.656. The number of benzene rings is 3. The molecule has 3 aromatic carbocycles. The fourth-order valence-electron chi connectivity index (χ4n) is 3.01. The number of sulfone groups is 1. The van der Waals surface area contributed by atoms with Crippen molar-refractivity contribution in [1.82, 2.24) is 5.32 Å². The van der Waals surface area contributed by atoms with Gasteiger partial charge in [-0.1, -0.05) is 49.4 Å². The van der Waals surface area contributed by atoms with Crippen molar-refractivity contribution in [2.45, 2.75) is 24.3 Å². The molecule has 0 aliphatic rings. The normalized spacial score (nSPS) is 12.5. The second kappa shape index (κ2) is 8.44. The summed E-state index contributed by atoms with van der Waals surface area (Å²) in [5, 5.41) is 5.10. The molecule has 1 atom stereocenters. The number of amides is 1. The van der Waals surface area contributed by atoms with Crippen LogP contribution in [0.3, 0.4) is 0 Å². The van der Waals surface area contributed by atoms with Crippen molar-refractivity contribution in [2.24, 2.45) is 0 Å². The zero-order chi connectivity index (χ0) is 20.1. The summed E-state index contributed by atoms with van der Waals surface area (Å²) in [4.78, 5) is 12.6. The molecule has 0 heterocycles. The minimum Gasteiger partial charge on any atom is -0.484 e. The van der Waals surface area contributed by atoms with E-state index in [0.717, 1.165) is 16.3 Å². The van der Waals surface area contributed by atoms with Crippen molar-refractivity contribution in [2.75, 3.05) is 12.9 Å². The molecule has 0 bridgehead atoms. The lowest BCUT2D eigenvalue weighted by Gasteiger charge is -2.18. The number of carbonyl (C=O) groups excluding carboxylic acids is 1. The van der Waals surface area contributed by atoms with Crippen molar-refractivity contribution in [1.29, 1.82) is 0 Å². The van der Waals surface area contributed by atoms with E-state index in [1.54, 1.807) is 24.3 Å². The first-order valence-corrected chi connectivity index (χ1v) is 11.0. The predicted octanol–water partition coefficient (Wildman–Crippen LogP) is 3.89. The van der Waals surface area contributed by atoms with Gasteiger partial charge in [0, 0.05) is 6.26 Å². The Bertz CT molecular complexity index is 1080. The maximum atomic E-state index is 12.3. The van der Waals surface area contributed by atoms with Gasteiger partial charge in [-0.15, -0.1) is 0 Å². The average molecular weight is 397 g/mol. The molecule has 28 heavy (non-hydrogen) atoms. The van der Waals surface area contributed by atoms with Crippen molar-refractivity contribution >= 4 is 26.5 Å². The van der Waals surface area contributed by atoms with Crippen LogP contribution in [-0.2, 0) is 14.6 Å². The van der Waals surface area contributed by atoms with Gasteiger partial charge >= 0.3 is 0 Å². The number of nitrogens with one attached hydrogen (secondary N) is 1. The molecule has 1 amide bonds. The molecule has 0 aliphatic heterocycles. The number of hydrogen-bond donors (Lipinski definition) is 1. The highest BCUT2D eigenvalue weighted by Gasteiger charge is 2.15. The number of carbonyl (C=O) groups is 1. The molecule has 0 spiro atoms. The second-order valence-electron chi connectivity index (χ2n) is 6.67. The van der Waals surface area contributed by atoms with Gasteiger partial charge in [-0.2, -0.15) is 0 Å². The summed E-state index contributed by atoms with van der Waals surface area (Å²) in [6, 6.07) is 20.0. The summed E-state index contributed by atoms with van der Waals surface area (Å²) >= 11 is 0. The number of rotatable bonds is 7. The Hall–Kier alpha value is -2.86. The van der Waals surface area contributed by atoms with Crippen molar-refractivity contribution in [3.05, 3.63) is 72.3 Å². The standard InChI is InChI=1S/C22H23NO4S/c1-3-21(17-9-12-20(13-10-17)28(2,25)26)23-22(24)15-27-19-11-8-16-6-4-5-7-18(16)14-19/h4-14,21H,3,15H2,1-2H3,(H,23,24). The van der Waals surface area contributed by atoms with Crippen LogP contribution >= 0.6 is 0 Å². The molecular weight excluding hydrogens is 374 g/mol. The van der Waals surface area contributed by atoms with Crippen LogP contribution in [0.4, 0.5) is 0 Å². The molecule has 0 fully saturated rings. The molecule has 0 saturated heterocycles. The highest BCUT2D eigenvalue weighted by atomic mass is 32.2. The van der Waals surface area contributed by atoms with E-state index in [9.17, 15) is 13.2 Å². The summed E-state index contributed by atoms with van der Waals surface area (Å²) in [6.07, 6.45) is 1.85. The number of hydrogen-bond acceptors (Lipinski definition) is 4. The summed E-state index contributed by atoms with van der Waals surface area (Å²) in [5.41, 5.74) is 0.856. The van der Waals surface area contributed by atoms with Gasteiger partial charge < -0.3 is 10.1 Å². The van der Waals surface area contributed by atoms with Crippen LogP contribution in [0.15, 0.2) is 71.6 Å². The van der Waals surface area contributed by atoms with Crippen LogP contribution in [0.1, 0.15) is 24.9 Å². The minimum absolute atomic E-state index is 0.0870. The van der Waals surface area contributed by atoms with Gasteiger partial charge in [-0.3, -0.25) is 4.79 Å². The first-order chi connectivity index (χ1) is 13.4. The van der Waals surface area contributed by atoms with Gasteiger partial charge in [-0.05, 0) is 47.0 Å². The SMILES string of the molecule is CCC(NC(=O)COc1ccc2ccccc2c1)c1ccc(S(C)(=O)=O)cc1. The third kappa shape index (κ3) is 4.89. The van der Waals surface area contributed by atoms with Crippen LogP contribution in [-0.4, -0.2) is 27.2 Å². The summed E-state index contributed by atoms with van der Waals surface area (Å²) in [6.45, 7) is 1.87. The Morgan fingerprint density at radius 2 is 1.68 bits per heavy atom. The lowest BCUT2D eigenvalue weighted by Crippen LogP contribution is -2.32. The van der Waals surface area contributed by atoms with E-state index in [-0.39, 0.29) is 23.5 Å². The van der Waals surface area contributed by atoms with E-state index in [1.165, 1.54) is 6.26 Å². The van der Waals surface area contributed by atoms with Gasteiger partial charge in [0.25, 0.3) is 5.91 Å². The maximum absolute atomic E-state index is 12.3. The zero-order valence-electron chi connectivity index (χ0n) is 15.9.